The minimum absolute atomic E-state index is 0.0349. The van der Waals surface area contributed by atoms with Crippen molar-refractivity contribution in [3.05, 3.63) is 100.0 Å². The van der Waals surface area contributed by atoms with Gasteiger partial charge in [0.1, 0.15) is 5.75 Å². The molecule has 0 radical (unpaired) electrons. The molecule has 0 aliphatic carbocycles. The van der Waals surface area contributed by atoms with Crippen molar-refractivity contribution >= 4 is 50.6 Å². The average Bonchev–Trinajstić information content (AvgIpc) is 2.88. The van der Waals surface area contributed by atoms with Crippen LogP contribution < -0.4 is 15.1 Å². The number of halogens is 2. The van der Waals surface area contributed by atoms with Crippen molar-refractivity contribution in [3.8, 4) is 5.75 Å². The average molecular weight is 647 g/mol. The van der Waals surface area contributed by atoms with Crippen molar-refractivity contribution in [2.75, 3.05) is 13.7 Å². The Balaban J connectivity index is 1.91. The predicted octanol–water partition coefficient (Wildman–Crippen LogP) is 7.81. The van der Waals surface area contributed by atoms with E-state index in [4.69, 9.17) is 13.9 Å². The van der Waals surface area contributed by atoms with E-state index in [1.807, 2.05) is 24.3 Å². The lowest BCUT2D eigenvalue weighted by Gasteiger charge is -2.46. The van der Waals surface area contributed by atoms with E-state index in [2.05, 4.69) is 126 Å². The molecule has 2 atom stereocenters. The molecule has 3 aromatic rings. The molecule has 3 aromatic carbocycles. The Morgan fingerprint density at radius 3 is 1.86 bits per heavy atom. The molecule has 0 fully saturated rings. The number of rotatable bonds is 12. The first-order valence-corrected chi connectivity index (χ1v) is 16.2. The van der Waals surface area contributed by atoms with Gasteiger partial charge in [-0.25, -0.2) is 0 Å². The molecular weight excluding hydrogens is 608 g/mol. The highest BCUT2D eigenvalue weighted by molar-refractivity contribution is 9.28. The standard InChI is InChI=1S/C31H38Br2O3Si/c1-24(22-30(32)33)29(20-21-35-23-25-16-18-26(34-5)19-17-25)36-37(31(2,3)4,27-12-8-6-9-13-27)28-14-10-7-11-15-28/h6-19,22,24,29H,20-21,23H2,1-5H3/t24-,29+/m0/s1. The van der Waals surface area contributed by atoms with Crippen LogP contribution in [0.3, 0.4) is 0 Å². The third-order valence-electron chi connectivity index (χ3n) is 6.69. The molecule has 0 bridgehead atoms. The van der Waals surface area contributed by atoms with Crippen molar-refractivity contribution in [1.29, 1.82) is 0 Å². The Hall–Kier alpha value is -1.70. The second kappa shape index (κ2) is 13.9. The first kappa shape index (κ1) is 29.8. The van der Waals surface area contributed by atoms with E-state index < -0.39 is 8.32 Å². The molecule has 0 spiro atoms. The van der Waals surface area contributed by atoms with Crippen LogP contribution in [0.2, 0.25) is 5.04 Å². The molecule has 0 amide bonds. The predicted molar refractivity (Wildman–Crippen MR) is 165 cm³/mol. The van der Waals surface area contributed by atoms with E-state index in [0.717, 1.165) is 21.1 Å². The van der Waals surface area contributed by atoms with Gasteiger partial charge < -0.3 is 13.9 Å². The Bertz CT molecular complexity index is 1070. The van der Waals surface area contributed by atoms with Gasteiger partial charge in [0.2, 0.25) is 0 Å². The summed E-state index contributed by atoms with van der Waals surface area (Å²) in [6.45, 7) is 10.3. The van der Waals surface area contributed by atoms with Crippen molar-refractivity contribution in [1.82, 2.24) is 0 Å². The first-order valence-electron chi connectivity index (χ1n) is 12.7. The van der Waals surface area contributed by atoms with Crippen molar-refractivity contribution in [2.45, 2.75) is 51.9 Å². The lowest BCUT2D eigenvalue weighted by molar-refractivity contribution is 0.0660. The number of benzene rings is 3. The zero-order valence-electron chi connectivity index (χ0n) is 22.4. The van der Waals surface area contributed by atoms with E-state index >= 15 is 0 Å². The number of hydrogen-bond donors (Lipinski definition) is 0. The van der Waals surface area contributed by atoms with Gasteiger partial charge in [-0.3, -0.25) is 0 Å². The minimum atomic E-state index is -2.69. The van der Waals surface area contributed by atoms with Crippen LogP contribution in [0.1, 0.15) is 39.7 Å². The lowest BCUT2D eigenvalue weighted by atomic mass is 10.0. The van der Waals surface area contributed by atoms with E-state index in [1.54, 1.807) is 7.11 Å². The summed E-state index contributed by atoms with van der Waals surface area (Å²) in [7, 11) is -1.01. The Kier molecular flexibility index (Phi) is 11.2. The van der Waals surface area contributed by atoms with Gasteiger partial charge in [0.25, 0.3) is 8.32 Å². The number of methoxy groups -OCH3 is 1. The molecule has 6 heteroatoms. The highest BCUT2D eigenvalue weighted by atomic mass is 79.9. The summed E-state index contributed by atoms with van der Waals surface area (Å²) in [5, 5.41) is 2.48. The summed E-state index contributed by atoms with van der Waals surface area (Å²) in [5.74, 6) is 1.02. The van der Waals surface area contributed by atoms with Gasteiger partial charge in [0, 0.05) is 12.5 Å². The van der Waals surface area contributed by atoms with Gasteiger partial charge in [-0.05, 0) is 71.4 Å². The van der Waals surface area contributed by atoms with Crippen molar-refractivity contribution < 1.29 is 13.9 Å². The van der Waals surface area contributed by atoms with Crippen LogP contribution in [0.25, 0.3) is 0 Å². The molecule has 0 aliphatic heterocycles. The number of ether oxygens (including phenoxy) is 2. The molecule has 37 heavy (non-hydrogen) atoms. The molecule has 0 N–H and O–H groups in total. The van der Waals surface area contributed by atoms with Crippen LogP contribution in [-0.2, 0) is 15.8 Å². The third-order valence-corrected chi connectivity index (χ3v) is 12.3. The first-order chi connectivity index (χ1) is 17.7. The number of hydrogen-bond acceptors (Lipinski definition) is 3. The summed E-state index contributed by atoms with van der Waals surface area (Å²) < 4.78 is 19.8. The maximum absolute atomic E-state index is 7.48. The SMILES string of the molecule is COc1ccc(COCC[C@@H](O[Si](c2ccccc2)(c2ccccc2)C(C)(C)C)[C@@H](C)C=C(Br)Br)cc1. The van der Waals surface area contributed by atoms with E-state index in [0.29, 0.717) is 13.2 Å². The maximum Gasteiger partial charge on any atom is 0.261 e. The molecule has 0 unspecified atom stereocenters. The summed E-state index contributed by atoms with van der Waals surface area (Å²) in [6, 6.07) is 29.6. The smallest absolute Gasteiger partial charge is 0.261 e. The molecule has 3 rings (SSSR count). The van der Waals surface area contributed by atoms with Gasteiger partial charge in [-0.1, -0.05) is 107 Å². The van der Waals surface area contributed by atoms with E-state index in [1.165, 1.54) is 10.4 Å². The van der Waals surface area contributed by atoms with E-state index in [9.17, 15) is 0 Å². The van der Waals surface area contributed by atoms with Crippen LogP contribution in [0.15, 0.2) is 94.4 Å². The fourth-order valence-electron chi connectivity index (χ4n) is 4.76. The highest BCUT2D eigenvalue weighted by Gasteiger charge is 2.51. The van der Waals surface area contributed by atoms with E-state index in [-0.39, 0.29) is 17.1 Å². The van der Waals surface area contributed by atoms with Crippen LogP contribution in [0.5, 0.6) is 5.75 Å². The van der Waals surface area contributed by atoms with Crippen molar-refractivity contribution in [2.24, 2.45) is 5.92 Å². The molecule has 0 aromatic heterocycles. The molecule has 0 saturated heterocycles. The summed E-state index contributed by atoms with van der Waals surface area (Å²) in [4.78, 5) is 0. The summed E-state index contributed by atoms with van der Waals surface area (Å²) in [6.07, 6.45) is 2.92. The van der Waals surface area contributed by atoms with Crippen LogP contribution >= 0.6 is 31.9 Å². The quantitative estimate of drug-likeness (QED) is 0.149. The van der Waals surface area contributed by atoms with Crippen LogP contribution in [-0.4, -0.2) is 28.1 Å². The van der Waals surface area contributed by atoms with Gasteiger partial charge in [0.05, 0.1) is 23.2 Å². The molecule has 3 nitrogen and oxygen atoms in total. The van der Waals surface area contributed by atoms with Gasteiger partial charge in [-0.2, -0.15) is 0 Å². The minimum Gasteiger partial charge on any atom is -0.497 e. The lowest BCUT2D eigenvalue weighted by Crippen LogP contribution is -2.68. The monoisotopic (exact) mass is 644 g/mol. The topological polar surface area (TPSA) is 27.7 Å². The molecule has 198 valence electrons. The fourth-order valence-corrected chi connectivity index (χ4v) is 10.4. The fraction of sp³-hybridized carbons (Fsp3) is 0.355. The second-order valence-corrected chi connectivity index (χ2v) is 17.3. The zero-order chi connectivity index (χ0) is 26.9. The Morgan fingerprint density at radius 2 is 1.41 bits per heavy atom. The molecule has 0 heterocycles. The normalized spacial score (nSPS) is 13.6. The van der Waals surface area contributed by atoms with Crippen LogP contribution in [0.4, 0.5) is 0 Å². The van der Waals surface area contributed by atoms with Crippen molar-refractivity contribution in [3.63, 3.8) is 0 Å². The zero-order valence-corrected chi connectivity index (χ0v) is 26.6. The largest absolute Gasteiger partial charge is 0.497 e. The summed E-state index contributed by atoms with van der Waals surface area (Å²) >= 11 is 7.14. The molecular formula is C31H38Br2O3Si. The van der Waals surface area contributed by atoms with Gasteiger partial charge in [-0.15, -0.1) is 0 Å². The molecule has 0 saturated carbocycles. The molecule has 0 aliphatic rings. The summed E-state index contributed by atoms with van der Waals surface area (Å²) in [5.41, 5.74) is 1.13. The maximum atomic E-state index is 7.48. The second-order valence-electron chi connectivity index (χ2n) is 10.3. The Morgan fingerprint density at radius 1 is 0.865 bits per heavy atom. The van der Waals surface area contributed by atoms with Gasteiger partial charge in [0.15, 0.2) is 0 Å². The van der Waals surface area contributed by atoms with Crippen LogP contribution in [0, 0.1) is 5.92 Å². The van der Waals surface area contributed by atoms with Gasteiger partial charge >= 0.3 is 0 Å². The highest BCUT2D eigenvalue weighted by Crippen LogP contribution is 2.39. The third kappa shape index (κ3) is 7.90. The Labute approximate surface area is 240 Å².